The minimum atomic E-state index is -3.12. The van der Waals surface area contributed by atoms with Gasteiger partial charge >= 0.3 is 0 Å². The van der Waals surface area contributed by atoms with Gasteiger partial charge in [-0.05, 0) is 56.4 Å². The topological polar surface area (TPSA) is 63.4 Å². The first-order chi connectivity index (χ1) is 9.94. The molecule has 0 spiro atoms. The van der Waals surface area contributed by atoms with Gasteiger partial charge in [0.1, 0.15) is 0 Å². The van der Waals surface area contributed by atoms with E-state index in [9.17, 15) is 8.42 Å². The fourth-order valence-corrected chi connectivity index (χ4v) is 4.30. The Morgan fingerprint density at radius 2 is 1.71 bits per heavy atom. The molecule has 1 aromatic rings. The zero-order valence-corrected chi connectivity index (χ0v) is 13.8. The van der Waals surface area contributed by atoms with E-state index in [0.717, 1.165) is 31.4 Å². The molecule has 118 valence electrons. The maximum atomic E-state index is 12.0. The zero-order valence-electron chi connectivity index (χ0n) is 13.0. The van der Waals surface area contributed by atoms with E-state index in [-0.39, 0.29) is 5.75 Å². The maximum Gasteiger partial charge on any atom is 0.178 e. The molecule has 0 atom stereocenters. The smallest absolute Gasteiger partial charge is 0.178 e. The molecule has 5 heteroatoms. The molecule has 0 aromatic heterocycles. The third kappa shape index (κ3) is 3.98. The third-order valence-electron chi connectivity index (χ3n) is 4.37. The molecule has 0 saturated heterocycles. The lowest BCUT2D eigenvalue weighted by atomic mass is 9.91. The van der Waals surface area contributed by atoms with Crippen LogP contribution in [-0.2, 0) is 9.84 Å². The van der Waals surface area contributed by atoms with Crippen LogP contribution in [0.25, 0.3) is 0 Å². The number of sulfone groups is 1. The van der Waals surface area contributed by atoms with Gasteiger partial charge in [0.25, 0.3) is 0 Å². The van der Waals surface area contributed by atoms with E-state index in [0.29, 0.717) is 23.4 Å². The predicted octanol–water partition coefficient (Wildman–Crippen LogP) is 2.58. The first-order valence-corrected chi connectivity index (χ1v) is 9.40. The maximum absolute atomic E-state index is 12.0. The van der Waals surface area contributed by atoms with Crippen molar-refractivity contribution in [1.82, 2.24) is 0 Å². The number of anilines is 1. The summed E-state index contributed by atoms with van der Waals surface area (Å²) < 4.78 is 24.0. The number of hydrogen-bond acceptors (Lipinski definition) is 4. The highest BCUT2D eigenvalue weighted by Gasteiger charge is 2.22. The molecule has 0 amide bonds. The fourth-order valence-electron chi connectivity index (χ4n) is 2.97. The predicted molar refractivity (Wildman–Crippen MR) is 87.4 cm³/mol. The first-order valence-electron chi connectivity index (χ1n) is 7.75. The Hall–Kier alpha value is -1.07. The van der Waals surface area contributed by atoms with Crippen molar-refractivity contribution in [3.63, 3.8) is 0 Å². The van der Waals surface area contributed by atoms with Crippen molar-refractivity contribution in [2.45, 2.75) is 56.0 Å². The average molecular weight is 310 g/mol. The van der Waals surface area contributed by atoms with Gasteiger partial charge in [0.05, 0.1) is 10.6 Å². The lowest BCUT2D eigenvalue weighted by Gasteiger charge is -2.35. The third-order valence-corrected chi connectivity index (χ3v) is 6.30. The van der Waals surface area contributed by atoms with Crippen molar-refractivity contribution in [1.29, 1.82) is 0 Å². The molecule has 0 radical (unpaired) electrons. The van der Waals surface area contributed by atoms with Crippen LogP contribution in [0.15, 0.2) is 29.2 Å². The summed E-state index contributed by atoms with van der Waals surface area (Å²) in [6.45, 7) is 1.88. The van der Waals surface area contributed by atoms with Crippen LogP contribution in [-0.4, -0.2) is 33.3 Å². The van der Waals surface area contributed by atoms with Crippen LogP contribution in [0, 0.1) is 0 Å². The Kier molecular flexibility index (Phi) is 5.27. The van der Waals surface area contributed by atoms with Crippen molar-refractivity contribution >= 4 is 15.5 Å². The van der Waals surface area contributed by atoms with Gasteiger partial charge in [0.2, 0.25) is 0 Å². The average Bonchev–Trinajstić information content (AvgIpc) is 2.47. The van der Waals surface area contributed by atoms with E-state index >= 15 is 0 Å². The van der Waals surface area contributed by atoms with Gasteiger partial charge < -0.3 is 10.6 Å². The lowest BCUT2D eigenvalue weighted by Crippen LogP contribution is -2.38. The summed E-state index contributed by atoms with van der Waals surface area (Å²) in [5.41, 5.74) is 7.02. The molecule has 1 aromatic carbocycles. The van der Waals surface area contributed by atoms with Crippen LogP contribution in [0.5, 0.6) is 0 Å². The zero-order chi connectivity index (χ0) is 15.5. The summed E-state index contributed by atoms with van der Waals surface area (Å²) in [4.78, 5) is 2.68. The number of benzene rings is 1. The standard InChI is InChI=1S/C16H26N2O2S/c1-3-12-21(19,20)16-10-8-15(9-11-16)18(2)14-6-4-13(17)5-7-14/h8-11,13-14H,3-7,12,17H2,1-2H3. The quantitative estimate of drug-likeness (QED) is 0.908. The van der Waals surface area contributed by atoms with E-state index in [1.807, 2.05) is 19.1 Å². The summed E-state index contributed by atoms with van der Waals surface area (Å²) in [6.07, 6.45) is 4.99. The van der Waals surface area contributed by atoms with Crippen LogP contribution >= 0.6 is 0 Å². The molecule has 0 aliphatic heterocycles. The molecule has 4 nitrogen and oxygen atoms in total. The minimum absolute atomic E-state index is 0.211. The summed E-state index contributed by atoms with van der Waals surface area (Å²) in [6, 6.07) is 8.13. The van der Waals surface area contributed by atoms with Gasteiger partial charge in [-0.2, -0.15) is 0 Å². The van der Waals surface area contributed by atoms with Gasteiger partial charge in [-0.3, -0.25) is 0 Å². The second kappa shape index (κ2) is 6.79. The van der Waals surface area contributed by atoms with E-state index < -0.39 is 9.84 Å². The number of hydrogen-bond donors (Lipinski definition) is 1. The van der Waals surface area contributed by atoms with Crippen molar-refractivity contribution in [3.8, 4) is 0 Å². The monoisotopic (exact) mass is 310 g/mol. The summed E-state index contributed by atoms with van der Waals surface area (Å²) in [7, 11) is -1.04. The summed E-state index contributed by atoms with van der Waals surface area (Å²) in [5, 5.41) is 0. The van der Waals surface area contributed by atoms with Crippen molar-refractivity contribution in [3.05, 3.63) is 24.3 Å². The van der Waals surface area contributed by atoms with Gasteiger partial charge in [-0.15, -0.1) is 0 Å². The number of nitrogens with two attached hydrogens (primary N) is 1. The molecule has 1 saturated carbocycles. The fraction of sp³-hybridized carbons (Fsp3) is 0.625. The van der Waals surface area contributed by atoms with Gasteiger partial charge in [0.15, 0.2) is 9.84 Å². The molecule has 0 unspecified atom stereocenters. The van der Waals surface area contributed by atoms with Crippen LogP contribution in [0.4, 0.5) is 5.69 Å². The van der Waals surface area contributed by atoms with Crippen LogP contribution < -0.4 is 10.6 Å². The van der Waals surface area contributed by atoms with Crippen LogP contribution in [0.3, 0.4) is 0 Å². The molecule has 1 aliphatic rings. The molecule has 21 heavy (non-hydrogen) atoms. The Morgan fingerprint density at radius 1 is 1.14 bits per heavy atom. The molecule has 0 bridgehead atoms. The first kappa shape index (κ1) is 16.3. The largest absolute Gasteiger partial charge is 0.372 e. The van der Waals surface area contributed by atoms with E-state index in [1.54, 1.807) is 12.1 Å². The molecule has 2 N–H and O–H groups in total. The SMILES string of the molecule is CCCS(=O)(=O)c1ccc(N(C)C2CCC(N)CC2)cc1. The van der Waals surface area contributed by atoms with Crippen LogP contribution in [0.1, 0.15) is 39.0 Å². The molecule has 2 rings (SSSR count). The van der Waals surface area contributed by atoms with E-state index in [2.05, 4.69) is 11.9 Å². The highest BCUT2D eigenvalue weighted by molar-refractivity contribution is 7.91. The highest BCUT2D eigenvalue weighted by Crippen LogP contribution is 2.26. The highest BCUT2D eigenvalue weighted by atomic mass is 32.2. The Balaban J connectivity index is 2.08. The Labute approximate surface area is 128 Å². The van der Waals surface area contributed by atoms with Gasteiger partial charge in [-0.1, -0.05) is 6.92 Å². The van der Waals surface area contributed by atoms with Crippen molar-refractivity contribution < 1.29 is 8.42 Å². The van der Waals surface area contributed by atoms with Gasteiger partial charge in [-0.25, -0.2) is 8.42 Å². The Bertz CT molecular complexity index is 546. The molecular weight excluding hydrogens is 284 g/mol. The summed E-state index contributed by atoms with van der Waals surface area (Å²) in [5.74, 6) is 0.211. The second-order valence-corrected chi connectivity index (χ2v) is 8.10. The van der Waals surface area contributed by atoms with Crippen LogP contribution in [0.2, 0.25) is 0 Å². The van der Waals surface area contributed by atoms with E-state index in [4.69, 9.17) is 5.73 Å². The number of nitrogens with zero attached hydrogens (tertiary/aromatic N) is 1. The number of rotatable bonds is 5. The minimum Gasteiger partial charge on any atom is -0.372 e. The van der Waals surface area contributed by atoms with Crippen molar-refractivity contribution in [2.75, 3.05) is 17.7 Å². The second-order valence-electron chi connectivity index (χ2n) is 5.99. The molecule has 1 aliphatic carbocycles. The van der Waals surface area contributed by atoms with Crippen molar-refractivity contribution in [2.24, 2.45) is 5.73 Å². The lowest BCUT2D eigenvalue weighted by molar-refractivity contribution is 0.385. The molecular formula is C16H26N2O2S. The van der Waals surface area contributed by atoms with Gasteiger partial charge in [0, 0.05) is 24.8 Å². The van der Waals surface area contributed by atoms with E-state index in [1.165, 1.54) is 0 Å². The molecule has 0 heterocycles. The Morgan fingerprint density at radius 3 is 2.24 bits per heavy atom. The molecule has 1 fully saturated rings. The normalized spacial score (nSPS) is 23.0. The summed E-state index contributed by atoms with van der Waals surface area (Å²) >= 11 is 0.